The molecule has 0 heterocycles. The zero-order valence-electron chi connectivity index (χ0n) is 30.7. The summed E-state index contributed by atoms with van der Waals surface area (Å²) in [5, 5.41) is 38.1. The minimum atomic E-state index is -0.893. The standard InChI is InChI=1S/C29H36N2O3S.3C3H8O.Ti/c1-28(2,3)34-27(33)30-25(26(32)31(4)5)21-35-29(22-15-9-6-10-16-22,23-17-11-7-12-18-23)24-19-13-8-14-20-24;3*1-3(2)4;/h6-20,25-26,32H,21H2,1-5H3,(H,30,33);3*3-4H,1-2H3;. The first-order chi connectivity index (χ1) is 21.8. The van der Waals surface area contributed by atoms with Crippen molar-refractivity contribution in [3.63, 3.8) is 0 Å². The Bertz CT molecular complexity index is 1090. The van der Waals surface area contributed by atoms with Gasteiger partial charge in [-0.05, 0) is 93.1 Å². The van der Waals surface area contributed by atoms with Crippen LogP contribution in [0.25, 0.3) is 0 Å². The number of ether oxygens (including phenoxy) is 1. The summed E-state index contributed by atoms with van der Waals surface area (Å²) < 4.78 is 4.94. The number of nitrogens with one attached hydrogen (secondary N) is 1. The maximum absolute atomic E-state index is 12.7. The van der Waals surface area contributed by atoms with E-state index in [4.69, 9.17) is 20.1 Å². The van der Waals surface area contributed by atoms with E-state index in [1.807, 2.05) is 75.4 Å². The number of aliphatic hydroxyl groups is 4. The Kier molecular flexibility index (Phi) is 24.8. The first-order valence-electron chi connectivity index (χ1n) is 16.0. The third-order valence-electron chi connectivity index (χ3n) is 5.61. The fourth-order valence-corrected chi connectivity index (χ4v) is 5.60. The molecule has 3 aromatic rings. The van der Waals surface area contributed by atoms with E-state index < -0.39 is 28.7 Å². The van der Waals surface area contributed by atoms with Crippen LogP contribution in [0.4, 0.5) is 4.79 Å². The molecule has 1 amide bonds. The van der Waals surface area contributed by atoms with Gasteiger partial charge in [0, 0.05) is 45.8 Å². The van der Waals surface area contributed by atoms with Crippen LogP contribution in [0.15, 0.2) is 91.0 Å². The smallest absolute Gasteiger partial charge is 0.408 e. The Morgan fingerprint density at radius 1 is 0.688 bits per heavy atom. The molecule has 10 heteroatoms. The molecule has 3 aromatic carbocycles. The van der Waals surface area contributed by atoms with Crippen LogP contribution in [0.1, 0.15) is 79.0 Å². The number of carbonyl (C=O) groups is 1. The fourth-order valence-electron chi connectivity index (χ4n) is 4.00. The van der Waals surface area contributed by atoms with Gasteiger partial charge in [-0.25, -0.2) is 4.79 Å². The number of carbonyl (C=O) groups excluding carboxylic acids is 1. The van der Waals surface area contributed by atoms with Crippen LogP contribution in [0.5, 0.6) is 0 Å². The second-order valence-electron chi connectivity index (χ2n) is 13.0. The van der Waals surface area contributed by atoms with Gasteiger partial charge in [-0.15, -0.1) is 11.8 Å². The predicted molar refractivity (Wildman–Crippen MR) is 197 cm³/mol. The van der Waals surface area contributed by atoms with E-state index in [-0.39, 0.29) is 40.0 Å². The number of amides is 1. The zero-order valence-corrected chi connectivity index (χ0v) is 33.1. The maximum Gasteiger partial charge on any atom is 0.408 e. The van der Waals surface area contributed by atoms with Crippen molar-refractivity contribution in [3.8, 4) is 0 Å². The molecule has 48 heavy (non-hydrogen) atoms. The van der Waals surface area contributed by atoms with Gasteiger partial charge in [0.2, 0.25) is 0 Å². The van der Waals surface area contributed by atoms with Crippen LogP contribution in [-0.4, -0.2) is 87.5 Å². The van der Waals surface area contributed by atoms with Gasteiger partial charge >= 0.3 is 6.09 Å². The molecule has 0 radical (unpaired) electrons. The van der Waals surface area contributed by atoms with Gasteiger partial charge in [-0.3, -0.25) is 4.90 Å². The van der Waals surface area contributed by atoms with Gasteiger partial charge < -0.3 is 30.5 Å². The van der Waals surface area contributed by atoms with Crippen molar-refractivity contribution in [1.82, 2.24) is 10.2 Å². The molecule has 0 saturated carbocycles. The second-order valence-corrected chi connectivity index (χ2v) is 14.2. The summed E-state index contributed by atoms with van der Waals surface area (Å²) in [6, 6.07) is 30.5. The number of aliphatic hydroxyl groups excluding tert-OH is 4. The third-order valence-corrected chi connectivity index (χ3v) is 7.28. The number of benzene rings is 3. The third kappa shape index (κ3) is 20.3. The van der Waals surface area contributed by atoms with E-state index >= 15 is 0 Å². The summed E-state index contributed by atoms with van der Waals surface area (Å²) in [7, 11) is 3.58. The van der Waals surface area contributed by atoms with E-state index in [9.17, 15) is 9.90 Å². The summed E-state index contributed by atoms with van der Waals surface area (Å²) in [6.45, 7) is 15.8. The van der Waals surface area contributed by atoms with E-state index in [1.165, 1.54) is 0 Å². The van der Waals surface area contributed by atoms with Gasteiger partial charge in [0.05, 0.1) is 10.8 Å². The van der Waals surface area contributed by atoms with Crippen LogP contribution < -0.4 is 5.32 Å². The normalized spacial score (nSPS) is 12.3. The fraction of sp³-hybridized carbons (Fsp3) is 0.500. The number of likely N-dealkylation sites (N-methyl/N-ethyl adjacent to an activating group) is 1. The minimum absolute atomic E-state index is 0. The van der Waals surface area contributed by atoms with Crippen molar-refractivity contribution < 1.29 is 51.7 Å². The molecule has 0 fully saturated rings. The van der Waals surface area contributed by atoms with Crippen LogP contribution in [-0.2, 0) is 31.2 Å². The van der Waals surface area contributed by atoms with E-state index in [2.05, 4.69) is 41.7 Å². The molecule has 0 saturated heterocycles. The number of nitrogens with zero attached hydrogens (tertiary/aromatic N) is 1. The molecule has 268 valence electrons. The first kappa shape index (κ1) is 47.9. The molecular formula is C38H60N2O6STi. The maximum atomic E-state index is 12.7. The first-order valence-corrected chi connectivity index (χ1v) is 17.0. The van der Waals surface area contributed by atoms with Crippen molar-refractivity contribution in [2.75, 3.05) is 19.8 Å². The van der Waals surface area contributed by atoms with Crippen molar-refractivity contribution in [2.24, 2.45) is 0 Å². The molecule has 8 nitrogen and oxygen atoms in total. The summed E-state index contributed by atoms with van der Waals surface area (Å²) >= 11 is 1.69. The van der Waals surface area contributed by atoms with Crippen molar-refractivity contribution in [2.45, 2.75) is 103 Å². The molecular weight excluding hydrogens is 660 g/mol. The average Bonchev–Trinajstić information content (AvgIpc) is 2.96. The molecule has 0 aliphatic rings. The molecule has 2 atom stereocenters. The summed E-state index contributed by atoms with van der Waals surface area (Å²) in [5.74, 6) is 0.442. The van der Waals surface area contributed by atoms with Gasteiger partial charge in [0.1, 0.15) is 11.8 Å². The monoisotopic (exact) mass is 720 g/mol. The Hall–Kier alpha value is -2.21. The number of thioether (sulfide) groups is 1. The Morgan fingerprint density at radius 3 is 1.23 bits per heavy atom. The van der Waals surface area contributed by atoms with E-state index in [1.54, 1.807) is 72.3 Å². The van der Waals surface area contributed by atoms with Gasteiger partial charge in [-0.2, -0.15) is 0 Å². The van der Waals surface area contributed by atoms with Crippen molar-refractivity contribution in [1.29, 1.82) is 0 Å². The number of hydrogen-bond donors (Lipinski definition) is 5. The Balaban J connectivity index is 0. The second kappa shape index (κ2) is 24.9. The number of alkyl carbamates (subject to hydrolysis) is 1. The molecule has 5 N–H and O–H groups in total. The summed E-state index contributed by atoms with van der Waals surface area (Å²) in [6.07, 6.45) is -1.94. The topological polar surface area (TPSA) is 122 Å². The summed E-state index contributed by atoms with van der Waals surface area (Å²) in [5.41, 5.74) is 2.74. The molecule has 0 bridgehead atoms. The number of rotatable bonds is 9. The van der Waals surface area contributed by atoms with E-state index in [0.717, 1.165) is 16.7 Å². The quantitative estimate of drug-likeness (QED) is 0.0948. The number of hydrogen-bond acceptors (Lipinski definition) is 8. The van der Waals surface area contributed by atoms with Crippen LogP contribution >= 0.6 is 11.8 Å². The molecule has 2 unspecified atom stereocenters. The Labute approximate surface area is 309 Å². The van der Waals surface area contributed by atoms with E-state index in [0.29, 0.717) is 5.75 Å². The SMILES string of the molecule is CC(C)O.CC(C)O.CC(C)O.CN(C)C(O)C(CSC(c1ccccc1)(c1ccccc1)c1ccccc1)NC(=O)OC(C)(C)C.[Ti]. The molecule has 3 rings (SSSR count). The van der Waals surface area contributed by atoms with Crippen LogP contribution in [0, 0.1) is 0 Å². The predicted octanol–water partition coefficient (Wildman–Crippen LogP) is 6.64. The zero-order chi connectivity index (χ0) is 36.2. The molecule has 0 aromatic heterocycles. The van der Waals surface area contributed by atoms with Gasteiger partial charge in [0.15, 0.2) is 0 Å². The van der Waals surface area contributed by atoms with Crippen LogP contribution in [0.2, 0.25) is 0 Å². The van der Waals surface area contributed by atoms with Crippen molar-refractivity contribution in [3.05, 3.63) is 108 Å². The molecule has 0 aliphatic carbocycles. The summed E-state index contributed by atoms with van der Waals surface area (Å²) in [4.78, 5) is 14.4. The van der Waals surface area contributed by atoms with Crippen molar-refractivity contribution >= 4 is 17.9 Å². The molecule has 0 aliphatic heterocycles. The average molecular weight is 721 g/mol. The minimum Gasteiger partial charge on any atom is -0.444 e. The van der Waals surface area contributed by atoms with Crippen LogP contribution in [0.3, 0.4) is 0 Å². The van der Waals surface area contributed by atoms with Gasteiger partial charge in [0.25, 0.3) is 0 Å². The molecule has 0 spiro atoms. The van der Waals surface area contributed by atoms with Gasteiger partial charge in [-0.1, -0.05) is 91.0 Å². The Morgan fingerprint density at radius 2 is 0.979 bits per heavy atom. The largest absolute Gasteiger partial charge is 0.444 e.